The van der Waals surface area contributed by atoms with Gasteiger partial charge < -0.3 is 64.6 Å². The van der Waals surface area contributed by atoms with Crippen molar-refractivity contribution >= 4 is 29.8 Å². The second-order valence-corrected chi connectivity index (χ2v) is 17.1. The fourth-order valence-corrected chi connectivity index (χ4v) is 8.68. The van der Waals surface area contributed by atoms with Gasteiger partial charge in [-0.2, -0.15) is 5.06 Å². The number of hydrogen-bond donors (Lipinski definition) is 7. The number of hydroxylamine groups is 2. The molecule has 2 aromatic carbocycles. The minimum atomic E-state index is -1.56. The molecule has 2 bridgehead atoms. The third-order valence-corrected chi connectivity index (χ3v) is 11.6. The first-order valence-corrected chi connectivity index (χ1v) is 20.7. The van der Waals surface area contributed by atoms with Gasteiger partial charge in [-0.15, -0.1) is 0 Å². The molecular formula is C43H55N3O16. The Bertz CT molecular complexity index is 1970. The summed E-state index contributed by atoms with van der Waals surface area (Å²) in [5.74, 6) is -2.02. The Labute approximate surface area is 357 Å². The maximum absolute atomic E-state index is 14.6. The third kappa shape index (κ3) is 9.73. The van der Waals surface area contributed by atoms with Gasteiger partial charge in [-0.05, 0) is 56.0 Å². The van der Waals surface area contributed by atoms with E-state index in [9.17, 15) is 44.7 Å². The van der Waals surface area contributed by atoms with Gasteiger partial charge in [-0.1, -0.05) is 48.6 Å². The van der Waals surface area contributed by atoms with Crippen LogP contribution in [0, 0.1) is 5.41 Å². The number of rotatable bonds is 16. The van der Waals surface area contributed by atoms with Crippen molar-refractivity contribution in [2.75, 3.05) is 26.6 Å². The molecule has 0 unspecified atom stereocenters. The van der Waals surface area contributed by atoms with Crippen LogP contribution in [0.3, 0.4) is 0 Å². The van der Waals surface area contributed by atoms with Gasteiger partial charge in [-0.25, -0.2) is 0 Å². The molecule has 0 radical (unpaired) electrons. The first-order chi connectivity index (χ1) is 29.6. The summed E-state index contributed by atoms with van der Waals surface area (Å²) in [5.41, 5.74) is 0.256. The van der Waals surface area contributed by atoms with E-state index in [-0.39, 0.29) is 57.9 Å². The molecule has 5 fully saturated rings. The lowest BCUT2D eigenvalue weighted by molar-refractivity contribution is -0.298. The molecule has 62 heavy (non-hydrogen) atoms. The fourth-order valence-electron chi connectivity index (χ4n) is 8.68. The second kappa shape index (κ2) is 19.2. The molecule has 19 nitrogen and oxygen atoms in total. The summed E-state index contributed by atoms with van der Waals surface area (Å²) in [5, 5.41) is 56.8. The first-order valence-electron chi connectivity index (χ1n) is 20.7. The minimum absolute atomic E-state index is 0.00284. The van der Waals surface area contributed by atoms with Crippen LogP contribution in [0.5, 0.6) is 0 Å². The highest BCUT2D eigenvalue weighted by atomic mass is 16.8. The quantitative estimate of drug-likeness (QED) is 0.106. The van der Waals surface area contributed by atoms with E-state index in [1.54, 1.807) is 63.3 Å². The van der Waals surface area contributed by atoms with Crippen LogP contribution in [0.2, 0.25) is 0 Å². The van der Waals surface area contributed by atoms with Crippen LogP contribution in [0.25, 0.3) is 6.08 Å². The van der Waals surface area contributed by atoms with Crippen molar-refractivity contribution in [2.45, 2.75) is 126 Å². The molecule has 2 aromatic rings. The molecule has 19 heteroatoms. The summed E-state index contributed by atoms with van der Waals surface area (Å²) in [6.45, 7) is 4.29. The van der Waals surface area contributed by atoms with E-state index in [2.05, 4.69) is 10.6 Å². The molecule has 4 saturated heterocycles. The van der Waals surface area contributed by atoms with Crippen molar-refractivity contribution in [3.05, 3.63) is 76.9 Å². The Hall–Kier alpha value is -4.38. The molecule has 4 aliphatic heterocycles. The summed E-state index contributed by atoms with van der Waals surface area (Å²) in [6.07, 6.45) is -6.26. The van der Waals surface area contributed by atoms with E-state index in [0.29, 0.717) is 5.56 Å². The highest BCUT2D eigenvalue weighted by Crippen LogP contribution is 2.55. The van der Waals surface area contributed by atoms with E-state index in [4.69, 9.17) is 33.3 Å². The predicted molar refractivity (Wildman–Crippen MR) is 213 cm³/mol. The van der Waals surface area contributed by atoms with Gasteiger partial charge in [0.15, 0.2) is 12.3 Å². The summed E-state index contributed by atoms with van der Waals surface area (Å²) >= 11 is 0. The number of benzene rings is 2. The number of nitrogens with one attached hydrogen (secondary N) is 2. The zero-order chi connectivity index (χ0) is 44.3. The monoisotopic (exact) mass is 869 g/mol. The zero-order valence-corrected chi connectivity index (χ0v) is 34.7. The molecule has 0 aromatic heterocycles. The summed E-state index contributed by atoms with van der Waals surface area (Å²) < 4.78 is 33.9. The van der Waals surface area contributed by atoms with Crippen molar-refractivity contribution in [1.29, 1.82) is 0 Å². The van der Waals surface area contributed by atoms with Gasteiger partial charge in [0.05, 0.1) is 32.4 Å². The van der Waals surface area contributed by atoms with Gasteiger partial charge in [0.25, 0.3) is 5.91 Å². The van der Waals surface area contributed by atoms with Crippen LogP contribution in [0.15, 0.2) is 54.6 Å². The van der Waals surface area contributed by atoms with E-state index in [1.165, 1.54) is 5.06 Å². The molecule has 7 rings (SSSR count). The van der Waals surface area contributed by atoms with Crippen molar-refractivity contribution in [3.8, 4) is 0 Å². The number of fused-ring (bicyclic) bond motifs is 4. The van der Waals surface area contributed by atoms with Gasteiger partial charge in [0, 0.05) is 24.9 Å². The molecule has 0 spiro atoms. The van der Waals surface area contributed by atoms with Gasteiger partial charge in [0.1, 0.15) is 66.6 Å². The molecule has 12 atom stereocenters. The van der Waals surface area contributed by atoms with E-state index in [0.717, 1.165) is 11.1 Å². The Morgan fingerprint density at radius 1 is 1.00 bits per heavy atom. The zero-order valence-electron chi connectivity index (χ0n) is 34.7. The average molecular weight is 870 g/mol. The molecule has 5 aliphatic rings. The number of esters is 2. The smallest absolute Gasteiger partial charge is 0.327 e. The Kier molecular flexibility index (Phi) is 14.1. The molecule has 2 amide bonds. The van der Waals surface area contributed by atoms with Crippen molar-refractivity contribution in [2.24, 2.45) is 5.41 Å². The number of ether oxygens (including phenoxy) is 6. The Morgan fingerprint density at radius 3 is 2.52 bits per heavy atom. The lowest BCUT2D eigenvalue weighted by Gasteiger charge is -2.48. The van der Waals surface area contributed by atoms with Crippen LogP contribution in [0.1, 0.15) is 67.1 Å². The van der Waals surface area contributed by atoms with Crippen LogP contribution in [-0.4, -0.2) is 154 Å². The van der Waals surface area contributed by atoms with E-state index in [1.807, 2.05) is 18.2 Å². The number of aliphatic hydroxyl groups excluding tert-OH is 5. The van der Waals surface area contributed by atoms with Gasteiger partial charge >= 0.3 is 11.9 Å². The number of nitrogens with zero attached hydrogens (tertiary/aromatic N) is 1. The molecule has 7 N–H and O–H groups in total. The standard InChI is InChI=1S/C43H55N3O16/c1-42(2,3)61-30(49)13-12-27(20-47)45-38(53)26-11-5-8-24(16-26)18-44-41(55)43-17-28-34-35(58-22-57-34)37(43)62-46(36(43)39(54)59-28)19-25-9-4-7-23(15-25)10-6-14-56-40-33(52)32(51)31(50)29(21-48)60-40/h4-11,15-16,27-29,31-37,40,47-48,50-52H,12-14,17-22H2,1-3H3,(H,44,55)(H,45,53)/t27-,28+,29+,31-,32-,33+,34-,35-,36-,37+,40-,43-/m0/s1. The Morgan fingerprint density at radius 2 is 1.76 bits per heavy atom. The normalized spacial score (nSPS) is 32.2. The maximum Gasteiger partial charge on any atom is 0.327 e. The number of carbonyl (C=O) groups is 4. The summed E-state index contributed by atoms with van der Waals surface area (Å²) in [7, 11) is 0. The van der Waals surface area contributed by atoms with Crippen molar-refractivity contribution < 1.29 is 78.0 Å². The van der Waals surface area contributed by atoms with Crippen LogP contribution >= 0.6 is 0 Å². The molecule has 1 aliphatic carbocycles. The van der Waals surface area contributed by atoms with Crippen LogP contribution < -0.4 is 10.6 Å². The van der Waals surface area contributed by atoms with Crippen LogP contribution in [-0.2, 0) is 60.7 Å². The van der Waals surface area contributed by atoms with Gasteiger partial charge in [-0.3, -0.25) is 24.0 Å². The maximum atomic E-state index is 14.6. The van der Waals surface area contributed by atoms with E-state index < -0.39 is 109 Å². The fraction of sp³-hybridized carbons (Fsp3) is 0.581. The summed E-state index contributed by atoms with van der Waals surface area (Å²) in [4.78, 5) is 60.4. The van der Waals surface area contributed by atoms with Crippen molar-refractivity contribution in [3.63, 3.8) is 0 Å². The SMILES string of the molecule is CC(C)(C)OC(=O)CC[C@@H](CO)NC(=O)c1cccc(CNC(=O)[C@@]23C[C@H]4OC(=O)[C@@H]2N(Cc2cccc(C=CCO[C@H]5O[C@H](CO)[C@H](O)[C@H](O)[C@H]5O)c2)O[C@@H]3[C@H]2OCO[C@H]24)c1. The first kappa shape index (κ1) is 45.6. The topological polar surface area (TPSA) is 261 Å². The molecule has 4 heterocycles. The van der Waals surface area contributed by atoms with Crippen molar-refractivity contribution in [1.82, 2.24) is 15.7 Å². The number of amides is 2. The number of aliphatic hydroxyl groups is 5. The lowest BCUT2D eigenvalue weighted by atomic mass is 9.62. The highest BCUT2D eigenvalue weighted by Gasteiger charge is 2.74. The number of carbonyl (C=O) groups excluding carboxylic acids is 4. The molecule has 1 saturated carbocycles. The second-order valence-electron chi connectivity index (χ2n) is 17.1. The highest BCUT2D eigenvalue weighted by molar-refractivity contribution is 5.95. The Balaban J connectivity index is 1.01. The lowest BCUT2D eigenvalue weighted by Crippen LogP contribution is -2.69. The van der Waals surface area contributed by atoms with E-state index >= 15 is 0 Å². The van der Waals surface area contributed by atoms with Crippen LogP contribution in [0.4, 0.5) is 0 Å². The van der Waals surface area contributed by atoms with Gasteiger partial charge in [0.2, 0.25) is 5.91 Å². The third-order valence-electron chi connectivity index (χ3n) is 11.6. The molecule has 338 valence electrons. The molecular weight excluding hydrogens is 814 g/mol. The average Bonchev–Trinajstić information content (AvgIpc) is 3.87. The number of hydrogen-bond acceptors (Lipinski definition) is 17. The predicted octanol–water partition coefficient (Wildman–Crippen LogP) is -0.413. The largest absolute Gasteiger partial charge is 0.460 e. The summed E-state index contributed by atoms with van der Waals surface area (Å²) in [6, 6.07) is 12.1. The minimum Gasteiger partial charge on any atom is -0.460 e.